The van der Waals surface area contributed by atoms with Crippen molar-refractivity contribution in [2.24, 2.45) is 0 Å². The highest BCUT2D eigenvalue weighted by molar-refractivity contribution is 9.10. The quantitative estimate of drug-likeness (QED) is 0.593. The fraction of sp³-hybridized carbons (Fsp3) is 0.412. The summed E-state index contributed by atoms with van der Waals surface area (Å²) >= 11 is 9.83. The maximum absolute atomic E-state index is 6.38. The van der Waals surface area contributed by atoms with Gasteiger partial charge in [0, 0.05) is 35.2 Å². The molecule has 0 fully saturated rings. The predicted molar refractivity (Wildman–Crippen MR) is 97.0 cm³/mol. The molecule has 0 aliphatic carbocycles. The van der Waals surface area contributed by atoms with Crippen LogP contribution in [0.25, 0.3) is 0 Å². The summed E-state index contributed by atoms with van der Waals surface area (Å²) in [5.74, 6) is 0. The van der Waals surface area contributed by atoms with Gasteiger partial charge in [0.2, 0.25) is 0 Å². The van der Waals surface area contributed by atoms with Crippen LogP contribution in [0.1, 0.15) is 24.9 Å². The smallest absolute Gasteiger partial charge is 0.0465 e. The van der Waals surface area contributed by atoms with Gasteiger partial charge in [-0.1, -0.05) is 52.7 Å². The molecule has 1 rings (SSSR count). The minimum atomic E-state index is 0.257. The van der Waals surface area contributed by atoms with Gasteiger partial charge in [-0.3, -0.25) is 4.90 Å². The monoisotopic (exact) mass is 370 g/mol. The zero-order chi connectivity index (χ0) is 15.7. The number of halogens is 2. The van der Waals surface area contributed by atoms with Crippen LogP contribution in [0.2, 0.25) is 5.02 Å². The molecule has 1 aromatic carbocycles. The maximum atomic E-state index is 6.38. The van der Waals surface area contributed by atoms with Crippen molar-refractivity contribution < 1.29 is 0 Å². The van der Waals surface area contributed by atoms with Crippen molar-refractivity contribution in [3.8, 4) is 0 Å². The summed E-state index contributed by atoms with van der Waals surface area (Å²) in [5.41, 5.74) is 1.15. The second-order valence-electron chi connectivity index (χ2n) is 4.90. The minimum Gasteiger partial charge on any atom is -0.310 e. The van der Waals surface area contributed by atoms with Crippen LogP contribution < -0.4 is 5.32 Å². The van der Waals surface area contributed by atoms with E-state index in [-0.39, 0.29) is 6.04 Å². The van der Waals surface area contributed by atoms with Crippen molar-refractivity contribution in [1.82, 2.24) is 10.2 Å². The number of hydrogen-bond donors (Lipinski definition) is 1. The molecule has 0 heterocycles. The number of benzene rings is 1. The molecule has 0 amide bonds. The van der Waals surface area contributed by atoms with Gasteiger partial charge in [0.25, 0.3) is 0 Å². The van der Waals surface area contributed by atoms with Gasteiger partial charge in [-0.05, 0) is 30.7 Å². The molecule has 0 radical (unpaired) electrons. The lowest BCUT2D eigenvalue weighted by Gasteiger charge is -2.24. The van der Waals surface area contributed by atoms with Gasteiger partial charge in [0.15, 0.2) is 0 Å². The molecule has 116 valence electrons. The standard InChI is InChI=1S/C17H24BrClN2/c1-4-10-21(11-5-2)12-9-17(20-6-3)15-8-7-14(18)13-16(15)19/h4-5,7-8,13,17,20H,1-2,6,9-12H2,3H3. The first kappa shape index (κ1) is 18.4. The molecule has 0 saturated heterocycles. The Morgan fingerprint density at radius 3 is 2.52 bits per heavy atom. The number of rotatable bonds is 10. The van der Waals surface area contributed by atoms with E-state index in [1.165, 1.54) is 0 Å². The Morgan fingerprint density at radius 2 is 2.00 bits per heavy atom. The van der Waals surface area contributed by atoms with Crippen molar-refractivity contribution in [3.63, 3.8) is 0 Å². The average Bonchev–Trinajstić information content (AvgIpc) is 2.44. The van der Waals surface area contributed by atoms with Gasteiger partial charge in [-0.2, -0.15) is 0 Å². The highest BCUT2D eigenvalue weighted by atomic mass is 79.9. The number of hydrogen-bond acceptors (Lipinski definition) is 2. The van der Waals surface area contributed by atoms with Crippen molar-refractivity contribution >= 4 is 27.5 Å². The Bertz CT molecular complexity index is 452. The van der Waals surface area contributed by atoms with E-state index < -0.39 is 0 Å². The zero-order valence-corrected chi connectivity index (χ0v) is 15.0. The van der Waals surface area contributed by atoms with E-state index in [4.69, 9.17) is 11.6 Å². The molecule has 0 bridgehead atoms. The van der Waals surface area contributed by atoms with E-state index in [0.29, 0.717) is 0 Å². The van der Waals surface area contributed by atoms with Crippen LogP contribution in [-0.2, 0) is 0 Å². The van der Waals surface area contributed by atoms with Gasteiger partial charge in [-0.25, -0.2) is 0 Å². The van der Waals surface area contributed by atoms with Crippen LogP contribution in [0.15, 0.2) is 48.0 Å². The topological polar surface area (TPSA) is 15.3 Å². The molecule has 21 heavy (non-hydrogen) atoms. The second kappa shape index (κ2) is 10.2. The van der Waals surface area contributed by atoms with Crippen molar-refractivity contribution in [3.05, 3.63) is 58.6 Å². The van der Waals surface area contributed by atoms with Crippen LogP contribution >= 0.6 is 27.5 Å². The molecule has 1 N–H and O–H groups in total. The first-order valence-electron chi connectivity index (χ1n) is 7.24. The van der Waals surface area contributed by atoms with E-state index in [9.17, 15) is 0 Å². The van der Waals surface area contributed by atoms with E-state index >= 15 is 0 Å². The molecular formula is C17H24BrClN2. The third kappa shape index (κ3) is 6.35. The zero-order valence-electron chi connectivity index (χ0n) is 12.6. The third-order valence-electron chi connectivity index (χ3n) is 3.30. The lowest BCUT2D eigenvalue weighted by molar-refractivity contribution is 0.308. The van der Waals surface area contributed by atoms with Crippen molar-refractivity contribution in [2.75, 3.05) is 26.2 Å². The Hall–Kier alpha value is -0.610. The Labute approximate surface area is 142 Å². The fourth-order valence-corrected chi connectivity index (χ4v) is 3.14. The fourth-order valence-electron chi connectivity index (χ4n) is 2.33. The van der Waals surface area contributed by atoms with E-state index in [1.807, 2.05) is 24.3 Å². The Balaban J connectivity index is 2.76. The van der Waals surface area contributed by atoms with Gasteiger partial charge in [0.1, 0.15) is 0 Å². The SMILES string of the molecule is C=CCN(CC=C)CCC(NCC)c1ccc(Br)cc1Cl. The molecule has 0 spiro atoms. The van der Waals surface area contributed by atoms with Crippen molar-refractivity contribution in [1.29, 1.82) is 0 Å². The van der Waals surface area contributed by atoms with Gasteiger partial charge < -0.3 is 5.32 Å². The van der Waals surface area contributed by atoms with Gasteiger partial charge >= 0.3 is 0 Å². The van der Waals surface area contributed by atoms with Crippen LogP contribution in [0, 0.1) is 0 Å². The molecule has 0 aromatic heterocycles. The first-order chi connectivity index (χ1) is 10.1. The highest BCUT2D eigenvalue weighted by Crippen LogP contribution is 2.28. The molecule has 2 nitrogen and oxygen atoms in total. The predicted octanol–water partition coefficient (Wildman–Crippen LogP) is 4.82. The Kier molecular flexibility index (Phi) is 8.93. The normalized spacial score (nSPS) is 12.4. The number of nitrogens with zero attached hydrogens (tertiary/aromatic N) is 1. The van der Waals surface area contributed by atoms with Crippen LogP contribution in [0.5, 0.6) is 0 Å². The van der Waals surface area contributed by atoms with Gasteiger partial charge in [0.05, 0.1) is 0 Å². The number of nitrogens with one attached hydrogen (secondary N) is 1. The molecular weight excluding hydrogens is 348 g/mol. The molecule has 1 atom stereocenters. The summed E-state index contributed by atoms with van der Waals surface area (Å²) < 4.78 is 1.01. The maximum Gasteiger partial charge on any atom is 0.0465 e. The van der Waals surface area contributed by atoms with Crippen LogP contribution in [0.4, 0.5) is 0 Å². The third-order valence-corrected chi connectivity index (χ3v) is 4.12. The lowest BCUT2D eigenvalue weighted by atomic mass is 10.0. The highest BCUT2D eigenvalue weighted by Gasteiger charge is 2.15. The summed E-state index contributed by atoms with van der Waals surface area (Å²) in [6.45, 7) is 13.4. The molecule has 0 aliphatic rings. The first-order valence-corrected chi connectivity index (χ1v) is 8.41. The van der Waals surface area contributed by atoms with Crippen LogP contribution in [0.3, 0.4) is 0 Å². The van der Waals surface area contributed by atoms with E-state index in [2.05, 4.69) is 52.3 Å². The Morgan fingerprint density at radius 1 is 1.33 bits per heavy atom. The second-order valence-corrected chi connectivity index (χ2v) is 6.22. The summed E-state index contributed by atoms with van der Waals surface area (Å²) in [7, 11) is 0. The minimum absolute atomic E-state index is 0.257. The van der Waals surface area contributed by atoms with Gasteiger partial charge in [-0.15, -0.1) is 13.2 Å². The average molecular weight is 372 g/mol. The summed E-state index contributed by atoms with van der Waals surface area (Å²) in [5, 5.41) is 4.32. The molecule has 0 aliphatic heterocycles. The molecule has 1 aromatic rings. The van der Waals surface area contributed by atoms with Crippen molar-refractivity contribution in [2.45, 2.75) is 19.4 Å². The molecule has 1 unspecified atom stereocenters. The summed E-state index contributed by atoms with van der Waals surface area (Å²) in [6, 6.07) is 6.33. The summed E-state index contributed by atoms with van der Waals surface area (Å²) in [6.07, 6.45) is 4.85. The molecule has 4 heteroatoms. The largest absolute Gasteiger partial charge is 0.310 e. The lowest BCUT2D eigenvalue weighted by Crippen LogP contribution is -2.30. The van der Waals surface area contributed by atoms with E-state index in [1.54, 1.807) is 0 Å². The summed E-state index contributed by atoms with van der Waals surface area (Å²) in [4.78, 5) is 2.32. The molecule has 0 saturated carbocycles. The van der Waals surface area contributed by atoms with Crippen LogP contribution in [-0.4, -0.2) is 31.1 Å². The van der Waals surface area contributed by atoms with E-state index in [0.717, 1.165) is 47.7 Å².